The highest BCUT2D eigenvalue weighted by atomic mass is 35.5. The molecule has 0 unspecified atom stereocenters. The maximum absolute atomic E-state index is 12.5. The fourth-order valence-corrected chi connectivity index (χ4v) is 2.87. The van der Waals surface area contributed by atoms with Crippen LogP contribution >= 0.6 is 23.2 Å². The lowest BCUT2D eigenvalue weighted by Gasteiger charge is -2.18. The van der Waals surface area contributed by atoms with Crippen molar-refractivity contribution in [2.75, 3.05) is 17.3 Å². The molecule has 5 nitrogen and oxygen atoms in total. The van der Waals surface area contributed by atoms with Crippen molar-refractivity contribution in [1.29, 1.82) is 0 Å². The zero-order valence-electron chi connectivity index (χ0n) is 13.7. The van der Waals surface area contributed by atoms with E-state index >= 15 is 0 Å². The molecule has 2 amide bonds. The number of anilines is 2. The van der Waals surface area contributed by atoms with Gasteiger partial charge in [-0.05, 0) is 36.4 Å². The van der Waals surface area contributed by atoms with E-state index in [9.17, 15) is 4.79 Å². The van der Waals surface area contributed by atoms with Gasteiger partial charge in [-0.15, -0.1) is 0 Å². The van der Waals surface area contributed by atoms with Crippen molar-refractivity contribution < 1.29 is 4.79 Å². The van der Waals surface area contributed by atoms with Crippen molar-refractivity contribution in [3.8, 4) is 11.3 Å². The predicted octanol–water partition coefficient (Wildman–Crippen LogP) is 5.06. The van der Waals surface area contributed by atoms with Crippen molar-refractivity contribution >= 4 is 40.6 Å². The topological polar surface area (TPSA) is 50.2 Å². The summed E-state index contributed by atoms with van der Waals surface area (Å²) < 4.78 is 1.70. The number of aryl methyl sites for hydroxylation is 1. The van der Waals surface area contributed by atoms with Crippen molar-refractivity contribution in [2.45, 2.75) is 0 Å². The molecule has 0 aliphatic rings. The third kappa shape index (κ3) is 3.78. The Kier molecular flexibility index (Phi) is 4.97. The lowest BCUT2D eigenvalue weighted by Crippen LogP contribution is -2.31. The van der Waals surface area contributed by atoms with Crippen LogP contribution in [0.25, 0.3) is 11.3 Å². The van der Waals surface area contributed by atoms with E-state index in [4.69, 9.17) is 23.2 Å². The summed E-state index contributed by atoms with van der Waals surface area (Å²) >= 11 is 12.1. The number of hydrogen-bond donors (Lipinski definition) is 1. The van der Waals surface area contributed by atoms with Gasteiger partial charge in [0.25, 0.3) is 0 Å². The first kappa shape index (κ1) is 17.3. The van der Waals surface area contributed by atoms with E-state index in [0.29, 0.717) is 15.7 Å². The smallest absolute Gasteiger partial charge is 0.308 e. The molecule has 0 fully saturated rings. The minimum atomic E-state index is -0.254. The van der Waals surface area contributed by atoms with Gasteiger partial charge in [-0.2, -0.15) is 5.10 Å². The molecule has 3 rings (SSSR count). The van der Waals surface area contributed by atoms with Crippen LogP contribution in [0.3, 0.4) is 0 Å². The Bertz CT molecular complexity index is 886. The van der Waals surface area contributed by atoms with E-state index in [1.807, 2.05) is 31.3 Å². The second-order valence-corrected chi connectivity index (χ2v) is 6.35. The lowest BCUT2D eigenvalue weighted by atomic mass is 10.1. The minimum Gasteiger partial charge on any atom is -0.308 e. The first-order valence-corrected chi connectivity index (χ1v) is 8.29. The molecule has 0 radical (unpaired) electrons. The van der Waals surface area contributed by atoms with Crippen LogP contribution in [0.4, 0.5) is 16.2 Å². The number of rotatable bonds is 3. The van der Waals surface area contributed by atoms with Crippen LogP contribution in [0.15, 0.2) is 54.7 Å². The number of halogens is 2. The van der Waals surface area contributed by atoms with Crippen LogP contribution in [0.1, 0.15) is 0 Å². The van der Waals surface area contributed by atoms with Crippen LogP contribution in [0, 0.1) is 0 Å². The Hall–Kier alpha value is -2.50. The Balaban J connectivity index is 1.80. The number of urea groups is 1. The lowest BCUT2D eigenvalue weighted by molar-refractivity contribution is 0.258. The molecule has 7 heteroatoms. The van der Waals surface area contributed by atoms with Crippen molar-refractivity contribution in [3.63, 3.8) is 0 Å². The van der Waals surface area contributed by atoms with E-state index in [1.54, 1.807) is 42.2 Å². The summed E-state index contributed by atoms with van der Waals surface area (Å²) in [7, 11) is 3.52. The number of nitrogens with one attached hydrogen (secondary N) is 1. The zero-order valence-corrected chi connectivity index (χ0v) is 15.2. The minimum absolute atomic E-state index is 0.254. The normalized spacial score (nSPS) is 10.6. The molecule has 0 bridgehead atoms. The SMILES string of the molecule is CN(C(=O)Nc1cccc(-c2c(Cl)cnn2C)c1)c1ccc(Cl)cc1. The molecular weight excluding hydrogens is 359 g/mol. The standard InChI is InChI=1S/C18H16Cl2N4O/c1-23(15-8-6-13(19)7-9-15)18(25)22-14-5-3-4-12(10-14)17-16(20)11-21-24(17)2/h3-11H,1-2H3,(H,22,25). The number of amides is 2. The number of nitrogens with zero attached hydrogens (tertiary/aromatic N) is 3. The number of aromatic nitrogens is 2. The summed E-state index contributed by atoms with van der Waals surface area (Å²) in [6.45, 7) is 0. The van der Waals surface area contributed by atoms with Crippen molar-refractivity contribution in [3.05, 3.63) is 64.8 Å². The quantitative estimate of drug-likeness (QED) is 0.696. The van der Waals surface area contributed by atoms with Gasteiger partial charge < -0.3 is 5.32 Å². The van der Waals surface area contributed by atoms with Gasteiger partial charge >= 0.3 is 6.03 Å². The van der Waals surface area contributed by atoms with Crippen LogP contribution in [0.5, 0.6) is 0 Å². The second-order valence-electron chi connectivity index (χ2n) is 5.51. The van der Waals surface area contributed by atoms with E-state index in [-0.39, 0.29) is 6.03 Å². The molecule has 1 N–H and O–H groups in total. The average Bonchev–Trinajstić information content (AvgIpc) is 2.93. The highest BCUT2D eigenvalue weighted by molar-refractivity contribution is 6.33. The highest BCUT2D eigenvalue weighted by Gasteiger charge is 2.13. The molecule has 25 heavy (non-hydrogen) atoms. The third-order valence-electron chi connectivity index (χ3n) is 3.80. The molecule has 128 valence electrons. The fraction of sp³-hybridized carbons (Fsp3) is 0.111. The number of carbonyl (C=O) groups excluding carboxylic acids is 1. The van der Waals surface area contributed by atoms with Gasteiger partial charge in [-0.25, -0.2) is 4.79 Å². The average molecular weight is 375 g/mol. The van der Waals surface area contributed by atoms with Crippen LogP contribution in [-0.2, 0) is 7.05 Å². The second kappa shape index (κ2) is 7.17. The highest BCUT2D eigenvalue weighted by Crippen LogP contribution is 2.29. The molecule has 0 saturated heterocycles. The Morgan fingerprint density at radius 3 is 2.52 bits per heavy atom. The summed E-state index contributed by atoms with van der Waals surface area (Å²) in [6, 6.07) is 14.3. The van der Waals surface area contributed by atoms with Crippen molar-refractivity contribution in [2.24, 2.45) is 7.05 Å². The molecule has 2 aromatic carbocycles. The van der Waals surface area contributed by atoms with E-state index in [1.165, 1.54) is 4.90 Å². The molecule has 0 spiro atoms. The summed E-state index contributed by atoms with van der Waals surface area (Å²) in [5.74, 6) is 0. The largest absolute Gasteiger partial charge is 0.326 e. The van der Waals surface area contributed by atoms with Gasteiger partial charge in [0.15, 0.2) is 0 Å². The van der Waals surface area contributed by atoms with Gasteiger partial charge in [-0.1, -0.05) is 35.3 Å². The first-order chi connectivity index (χ1) is 12.0. The Labute approximate surface area is 155 Å². The zero-order chi connectivity index (χ0) is 18.0. The summed E-state index contributed by atoms with van der Waals surface area (Å²) in [4.78, 5) is 14.0. The molecule has 1 aromatic heterocycles. The summed E-state index contributed by atoms with van der Waals surface area (Å²) in [5.41, 5.74) is 3.08. The molecule has 3 aromatic rings. The number of carbonyl (C=O) groups is 1. The van der Waals surface area contributed by atoms with Gasteiger partial charge in [0.2, 0.25) is 0 Å². The van der Waals surface area contributed by atoms with Gasteiger partial charge in [-0.3, -0.25) is 9.58 Å². The maximum Gasteiger partial charge on any atom is 0.326 e. The monoisotopic (exact) mass is 374 g/mol. The van der Waals surface area contributed by atoms with Crippen LogP contribution < -0.4 is 10.2 Å². The maximum atomic E-state index is 12.5. The number of hydrogen-bond acceptors (Lipinski definition) is 2. The van der Waals surface area contributed by atoms with Gasteiger partial charge in [0.1, 0.15) is 0 Å². The first-order valence-electron chi connectivity index (χ1n) is 7.54. The van der Waals surface area contributed by atoms with E-state index in [2.05, 4.69) is 10.4 Å². The number of benzene rings is 2. The molecule has 0 aliphatic carbocycles. The van der Waals surface area contributed by atoms with Crippen LogP contribution in [0.2, 0.25) is 10.0 Å². The molecule has 0 saturated carbocycles. The van der Waals surface area contributed by atoms with Gasteiger partial charge in [0.05, 0.1) is 16.9 Å². The van der Waals surface area contributed by atoms with Gasteiger partial charge in [0, 0.05) is 36.1 Å². The summed E-state index contributed by atoms with van der Waals surface area (Å²) in [5, 5.41) is 8.20. The van der Waals surface area contributed by atoms with E-state index < -0.39 is 0 Å². The van der Waals surface area contributed by atoms with E-state index in [0.717, 1.165) is 16.9 Å². The Morgan fingerprint density at radius 1 is 1.16 bits per heavy atom. The molecule has 0 atom stereocenters. The molecule has 1 heterocycles. The molecular formula is C18H16Cl2N4O. The van der Waals surface area contributed by atoms with Crippen molar-refractivity contribution in [1.82, 2.24) is 9.78 Å². The third-order valence-corrected chi connectivity index (χ3v) is 4.33. The summed E-state index contributed by atoms with van der Waals surface area (Å²) in [6.07, 6.45) is 1.59. The Morgan fingerprint density at radius 2 is 1.88 bits per heavy atom. The predicted molar refractivity (Wildman–Crippen MR) is 103 cm³/mol. The van der Waals surface area contributed by atoms with Crippen LogP contribution in [-0.4, -0.2) is 22.9 Å². The molecule has 0 aliphatic heterocycles. The fourth-order valence-electron chi connectivity index (χ4n) is 2.47.